The van der Waals surface area contributed by atoms with Crippen LogP contribution >= 0.6 is 11.3 Å². The summed E-state index contributed by atoms with van der Waals surface area (Å²) in [6.45, 7) is 5.10. The van der Waals surface area contributed by atoms with E-state index in [1.807, 2.05) is 30.3 Å². The summed E-state index contributed by atoms with van der Waals surface area (Å²) < 4.78 is 17.6. The quantitative estimate of drug-likeness (QED) is 0.443. The van der Waals surface area contributed by atoms with E-state index in [9.17, 15) is 0 Å². The van der Waals surface area contributed by atoms with Crippen LogP contribution in [0.3, 0.4) is 0 Å². The maximum absolute atomic E-state index is 6.16. The fraction of sp³-hybridized carbons (Fsp3) is 0.308. The Kier molecular flexibility index (Phi) is 6.01. The van der Waals surface area contributed by atoms with E-state index in [1.165, 1.54) is 0 Å². The monoisotopic (exact) mass is 474 g/mol. The summed E-state index contributed by atoms with van der Waals surface area (Å²) in [5.74, 6) is 3.24. The van der Waals surface area contributed by atoms with Crippen molar-refractivity contribution in [2.45, 2.75) is 12.6 Å². The second-order valence-electron chi connectivity index (χ2n) is 8.45. The van der Waals surface area contributed by atoms with Crippen LogP contribution in [-0.2, 0) is 11.3 Å². The number of hydrogen-bond donors (Lipinski definition) is 1. The van der Waals surface area contributed by atoms with Crippen molar-refractivity contribution < 1.29 is 14.2 Å². The van der Waals surface area contributed by atoms with Crippen LogP contribution in [0.1, 0.15) is 5.82 Å². The third kappa shape index (κ3) is 4.44. The van der Waals surface area contributed by atoms with Crippen molar-refractivity contribution in [1.82, 2.24) is 14.9 Å². The Bertz CT molecular complexity index is 1270. The first-order valence-electron chi connectivity index (χ1n) is 11.6. The molecule has 2 aliphatic rings. The number of benzene rings is 2. The lowest BCUT2D eigenvalue weighted by Crippen LogP contribution is -2.36. The molecule has 2 aromatic carbocycles. The molecule has 2 aliphatic heterocycles. The van der Waals surface area contributed by atoms with Crippen LogP contribution in [0.4, 0.5) is 5.82 Å². The predicted molar refractivity (Wildman–Crippen MR) is 134 cm³/mol. The van der Waals surface area contributed by atoms with Gasteiger partial charge in [-0.15, -0.1) is 11.3 Å². The van der Waals surface area contributed by atoms with Crippen molar-refractivity contribution in [1.29, 1.82) is 0 Å². The Morgan fingerprint density at radius 3 is 2.62 bits per heavy atom. The average molecular weight is 475 g/mol. The molecule has 6 rings (SSSR count). The maximum atomic E-state index is 6.16. The minimum Gasteiger partial charge on any atom is -0.486 e. The van der Waals surface area contributed by atoms with Gasteiger partial charge in [0.1, 0.15) is 29.2 Å². The Hall–Kier alpha value is -3.20. The summed E-state index contributed by atoms with van der Waals surface area (Å²) in [6, 6.07) is 18.2. The molecular weight excluding hydrogens is 448 g/mol. The molecule has 4 heterocycles. The summed E-state index contributed by atoms with van der Waals surface area (Å²) in [5.41, 5.74) is 2.31. The van der Waals surface area contributed by atoms with Gasteiger partial charge in [-0.3, -0.25) is 4.90 Å². The molecule has 0 bridgehead atoms. The zero-order chi connectivity index (χ0) is 22.7. The molecule has 2 aromatic heterocycles. The fourth-order valence-corrected chi connectivity index (χ4v) is 5.31. The first-order chi connectivity index (χ1) is 16.8. The molecule has 1 saturated heterocycles. The number of para-hydroxylation sites is 2. The van der Waals surface area contributed by atoms with Gasteiger partial charge in [-0.05, 0) is 17.7 Å². The Morgan fingerprint density at radius 2 is 1.76 bits per heavy atom. The topological polar surface area (TPSA) is 68.7 Å². The van der Waals surface area contributed by atoms with Crippen LogP contribution in [0.15, 0.2) is 60.0 Å². The predicted octanol–water partition coefficient (Wildman–Crippen LogP) is 4.44. The molecule has 0 amide bonds. The van der Waals surface area contributed by atoms with E-state index in [-0.39, 0.29) is 6.10 Å². The molecule has 1 unspecified atom stereocenters. The van der Waals surface area contributed by atoms with E-state index < -0.39 is 0 Å². The van der Waals surface area contributed by atoms with Crippen LogP contribution in [0.2, 0.25) is 0 Å². The van der Waals surface area contributed by atoms with E-state index >= 15 is 0 Å². The molecule has 7 nitrogen and oxygen atoms in total. The summed E-state index contributed by atoms with van der Waals surface area (Å²) in [4.78, 5) is 13.3. The lowest BCUT2D eigenvalue weighted by atomic mass is 10.1. The number of fused-ring (bicyclic) bond motifs is 2. The highest BCUT2D eigenvalue weighted by atomic mass is 32.1. The minimum absolute atomic E-state index is 0.110. The van der Waals surface area contributed by atoms with Gasteiger partial charge >= 0.3 is 0 Å². The number of hydrogen-bond acceptors (Lipinski definition) is 8. The third-order valence-electron chi connectivity index (χ3n) is 6.10. The SMILES string of the molecule is c1ccc(-c2csc3nc(CN4CCOCC4)nc(NCC4COc5ccccc5O4)c23)cc1. The first-order valence-corrected chi connectivity index (χ1v) is 12.5. The fourth-order valence-electron chi connectivity index (χ4n) is 4.35. The molecule has 1 atom stereocenters. The molecule has 8 heteroatoms. The Balaban J connectivity index is 1.30. The van der Waals surface area contributed by atoms with Gasteiger partial charge in [-0.25, -0.2) is 9.97 Å². The molecule has 34 heavy (non-hydrogen) atoms. The molecular formula is C26H26N4O3S. The summed E-state index contributed by atoms with van der Waals surface area (Å²) in [5, 5.41) is 6.80. The van der Waals surface area contributed by atoms with E-state index in [0.717, 1.165) is 70.8 Å². The number of ether oxygens (including phenoxy) is 3. The normalized spacial score (nSPS) is 18.2. The van der Waals surface area contributed by atoms with E-state index in [0.29, 0.717) is 19.7 Å². The van der Waals surface area contributed by atoms with Crippen LogP contribution in [0.25, 0.3) is 21.3 Å². The number of thiophene rings is 1. The van der Waals surface area contributed by atoms with Crippen LogP contribution in [0.5, 0.6) is 11.5 Å². The second-order valence-corrected chi connectivity index (χ2v) is 9.31. The van der Waals surface area contributed by atoms with Crippen molar-refractivity contribution in [3.63, 3.8) is 0 Å². The zero-order valence-corrected chi connectivity index (χ0v) is 19.6. The maximum Gasteiger partial charge on any atom is 0.161 e. The second kappa shape index (κ2) is 9.58. The minimum atomic E-state index is -0.110. The van der Waals surface area contributed by atoms with Gasteiger partial charge in [0.15, 0.2) is 11.5 Å². The standard InChI is InChI=1S/C26H26N4O3S/c1-2-6-18(7-3-1)20-17-34-26-24(20)25(28-23(29-26)15-30-10-12-31-13-11-30)27-14-19-16-32-21-8-4-5-9-22(21)33-19/h1-9,17,19H,10-16H2,(H,27,28,29). The summed E-state index contributed by atoms with van der Waals surface area (Å²) in [6.07, 6.45) is -0.110. The first kappa shape index (κ1) is 21.3. The highest BCUT2D eigenvalue weighted by Gasteiger charge is 2.23. The number of aromatic nitrogens is 2. The number of rotatable bonds is 6. The molecule has 1 N–H and O–H groups in total. The molecule has 174 valence electrons. The van der Waals surface area contributed by atoms with Crippen molar-refractivity contribution >= 4 is 27.4 Å². The van der Waals surface area contributed by atoms with Gasteiger partial charge in [0, 0.05) is 24.0 Å². The molecule has 4 aromatic rings. The van der Waals surface area contributed by atoms with Crippen molar-refractivity contribution in [3.8, 4) is 22.6 Å². The smallest absolute Gasteiger partial charge is 0.161 e. The number of nitrogens with one attached hydrogen (secondary N) is 1. The van der Waals surface area contributed by atoms with Crippen molar-refractivity contribution in [3.05, 3.63) is 65.8 Å². The van der Waals surface area contributed by atoms with Crippen LogP contribution < -0.4 is 14.8 Å². The number of morpholine rings is 1. The van der Waals surface area contributed by atoms with Gasteiger partial charge in [-0.2, -0.15) is 0 Å². The molecule has 1 fully saturated rings. The van der Waals surface area contributed by atoms with E-state index in [4.69, 9.17) is 24.2 Å². The van der Waals surface area contributed by atoms with Gasteiger partial charge in [0.25, 0.3) is 0 Å². The van der Waals surface area contributed by atoms with E-state index in [2.05, 4.69) is 39.9 Å². The molecule has 0 aliphatic carbocycles. The van der Waals surface area contributed by atoms with Gasteiger partial charge in [0.2, 0.25) is 0 Å². The zero-order valence-electron chi connectivity index (χ0n) is 18.8. The largest absolute Gasteiger partial charge is 0.486 e. The molecule has 0 spiro atoms. The van der Waals surface area contributed by atoms with Gasteiger partial charge in [-0.1, -0.05) is 42.5 Å². The highest BCUT2D eigenvalue weighted by molar-refractivity contribution is 7.17. The number of nitrogens with zero attached hydrogens (tertiary/aromatic N) is 3. The Labute approximate surface area is 202 Å². The lowest BCUT2D eigenvalue weighted by Gasteiger charge is -2.27. The van der Waals surface area contributed by atoms with E-state index in [1.54, 1.807) is 11.3 Å². The van der Waals surface area contributed by atoms with Gasteiger partial charge in [0.05, 0.1) is 31.7 Å². The van der Waals surface area contributed by atoms with Crippen molar-refractivity contribution in [2.75, 3.05) is 44.8 Å². The lowest BCUT2D eigenvalue weighted by molar-refractivity contribution is 0.0331. The number of anilines is 1. The van der Waals surface area contributed by atoms with Gasteiger partial charge < -0.3 is 19.5 Å². The molecule has 0 saturated carbocycles. The highest BCUT2D eigenvalue weighted by Crippen LogP contribution is 2.37. The summed E-state index contributed by atoms with van der Waals surface area (Å²) >= 11 is 1.66. The third-order valence-corrected chi connectivity index (χ3v) is 6.97. The molecule has 0 radical (unpaired) electrons. The Morgan fingerprint density at radius 1 is 0.971 bits per heavy atom. The summed E-state index contributed by atoms with van der Waals surface area (Å²) in [7, 11) is 0. The van der Waals surface area contributed by atoms with Crippen LogP contribution in [-0.4, -0.2) is 60.4 Å². The average Bonchev–Trinajstić information content (AvgIpc) is 3.32. The van der Waals surface area contributed by atoms with Crippen LogP contribution in [0, 0.1) is 0 Å². The van der Waals surface area contributed by atoms with Crippen molar-refractivity contribution in [2.24, 2.45) is 0 Å².